The Balaban J connectivity index is 1.89. The van der Waals surface area contributed by atoms with Crippen LogP contribution in [-0.4, -0.2) is 24.5 Å². The Morgan fingerprint density at radius 2 is 2.18 bits per heavy atom. The Bertz CT molecular complexity index is 484. The third kappa shape index (κ3) is 2.71. The molecular formula is C11H18N6. The van der Waals surface area contributed by atoms with Crippen LogP contribution in [0.2, 0.25) is 0 Å². The molecule has 1 N–H and O–H groups in total. The molecule has 0 aromatic carbocycles. The summed E-state index contributed by atoms with van der Waals surface area (Å²) in [5, 5.41) is 11.8. The number of hydrogen-bond acceptors (Lipinski definition) is 4. The second kappa shape index (κ2) is 5.09. The van der Waals surface area contributed by atoms with Crippen molar-refractivity contribution in [3.63, 3.8) is 0 Å². The highest BCUT2D eigenvalue weighted by atomic mass is 15.3. The maximum absolute atomic E-state index is 4.30. The van der Waals surface area contributed by atoms with E-state index in [1.54, 1.807) is 6.33 Å². The SMILES string of the molecule is CCn1ncnc1CNCc1cn(C)nc1C. The minimum Gasteiger partial charge on any atom is -0.306 e. The molecule has 17 heavy (non-hydrogen) atoms. The van der Waals surface area contributed by atoms with Crippen LogP contribution in [0.5, 0.6) is 0 Å². The van der Waals surface area contributed by atoms with Crippen LogP contribution in [0.25, 0.3) is 0 Å². The van der Waals surface area contributed by atoms with Gasteiger partial charge in [-0.15, -0.1) is 0 Å². The van der Waals surface area contributed by atoms with Crippen molar-refractivity contribution in [1.29, 1.82) is 0 Å². The van der Waals surface area contributed by atoms with Crippen LogP contribution in [0.4, 0.5) is 0 Å². The Morgan fingerprint density at radius 3 is 2.82 bits per heavy atom. The molecule has 2 rings (SSSR count). The molecule has 0 saturated carbocycles. The number of nitrogens with zero attached hydrogens (tertiary/aromatic N) is 5. The van der Waals surface area contributed by atoms with Gasteiger partial charge in [-0.3, -0.25) is 4.68 Å². The first-order valence-corrected chi connectivity index (χ1v) is 5.77. The zero-order valence-corrected chi connectivity index (χ0v) is 10.5. The molecule has 2 heterocycles. The van der Waals surface area contributed by atoms with Gasteiger partial charge in [0, 0.05) is 31.9 Å². The first-order valence-electron chi connectivity index (χ1n) is 5.77. The summed E-state index contributed by atoms with van der Waals surface area (Å²) >= 11 is 0. The van der Waals surface area contributed by atoms with Crippen molar-refractivity contribution in [2.75, 3.05) is 0 Å². The highest BCUT2D eigenvalue weighted by molar-refractivity contribution is 5.14. The van der Waals surface area contributed by atoms with Crippen molar-refractivity contribution >= 4 is 0 Å². The standard InChI is InChI=1S/C11H18N6/c1-4-17-11(13-8-14-17)6-12-5-10-7-16(3)15-9(10)2/h7-8,12H,4-6H2,1-3H3. The van der Waals surface area contributed by atoms with E-state index >= 15 is 0 Å². The molecule has 0 atom stereocenters. The molecule has 6 nitrogen and oxygen atoms in total. The highest BCUT2D eigenvalue weighted by Crippen LogP contribution is 2.04. The fraction of sp³-hybridized carbons (Fsp3) is 0.545. The van der Waals surface area contributed by atoms with Crippen molar-refractivity contribution < 1.29 is 0 Å². The van der Waals surface area contributed by atoms with E-state index in [-0.39, 0.29) is 0 Å². The highest BCUT2D eigenvalue weighted by Gasteiger charge is 2.04. The van der Waals surface area contributed by atoms with E-state index in [2.05, 4.69) is 27.4 Å². The van der Waals surface area contributed by atoms with Gasteiger partial charge in [-0.25, -0.2) is 9.67 Å². The van der Waals surface area contributed by atoms with Crippen LogP contribution in [0.3, 0.4) is 0 Å². The lowest BCUT2D eigenvalue weighted by atomic mass is 10.2. The minimum atomic E-state index is 0.724. The summed E-state index contributed by atoms with van der Waals surface area (Å²) in [6, 6.07) is 0. The second-order valence-electron chi connectivity index (χ2n) is 4.01. The van der Waals surface area contributed by atoms with E-state index in [1.807, 2.05) is 29.5 Å². The van der Waals surface area contributed by atoms with E-state index in [0.717, 1.165) is 31.2 Å². The van der Waals surface area contributed by atoms with Gasteiger partial charge in [-0.05, 0) is 13.8 Å². The van der Waals surface area contributed by atoms with Crippen LogP contribution < -0.4 is 5.32 Å². The number of hydrogen-bond donors (Lipinski definition) is 1. The summed E-state index contributed by atoms with van der Waals surface area (Å²) < 4.78 is 3.73. The lowest BCUT2D eigenvalue weighted by Crippen LogP contribution is -2.17. The fourth-order valence-corrected chi connectivity index (χ4v) is 1.82. The van der Waals surface area contributed by atoms with Gasteiger partial charge in [0.1, 0.15) is 12.2 Å². The summed E-state index contributed by atoms with van der Waals surface area (Å²) in [5.41, 5.74) is 2.28. The van der Waals surface area contributed by atoms with Crippen molar-refractivity contribution in [3.05, 3.63) is 29.6 Å². The molecule has 0 spiro atoms. The van der Waals surface area contributed by atoms with Gasteiger partial charge in [0.15, 0.2) is 0 Å². The summed E-state index contributed by atoms with van der Waals surface area (Å²) in [6.07, 6.45) is 3.63. The molecule has 0 fully saturated rings. The number of aromatic nitrogens is 5. The lowest BCUT2D eigenvalue weighted by Gasteiger charge is -2.04. The van der Waals surface area contributed by atoms with Gasteiger partial charge in [0.2, 0.25) is 0 Å². The zero-order chi connectivity index (χ0) is 12.3. The third-order valence-electron chi connectivity index (χ3n) is 2.71. The lowest BCUT2D eigenvalue weighted by molar-refractivity contribution is 0.571. The van der Waals surface area contributed by atoms with Crippen LogP contribution in [0.1, 0.15) is 24.0 Å². The Labute approximate surface area is 101 Å². The van der Waals surface area contributed by atoms with Crippen LogP contribution in [0.15, 0.2) is 12.5 Å². The van der Waals surface area contributed by atoms with Gasteiger partial charge in [0.25, 0.3) is 0 Å². The quantitative estimate of drug-likeness (QED) is 0.824. The summed E-state index contributed by atoms with van der Waals surface area (Å²) in [7, 11) is 1.93. The predicted molar refractivity (Wildman–Crippen MR) is 64.2 cm³/mol. The maximum atomic E-state index is 4.30. The molecular weight excluding hydrogens is 216 g/mol. The van der Waals surface area contributed by atoms with Crippen molar-refractivity contribution in [2.24, 2.45) is 7.05 Å². The molecule has 0 unspecified atom stereocenters. The average Bonchev–Trinajstić information content (AvgIpc) is 2.86. The predicted octanol–water partition coefficient (Wildman–Crippen LogP) is 0.630. The van der Waals surface area contributed by atoms with Gasteiger partial charge >= 0.3 is 0 Å². The summed E-state index contributed by atoms with van der Waals surface area (Å²) in [6.45, 7) is 6.45. The molecule has 92 valence electrons. The van der Waals surface area contributed by atoms with Crippen molar-refractivity contribution in [3.8, 4) is 0 Å². The zero-order valence-electron chi connectivity index (χ0n) is 10.5. The van der Waals surface area contributed by atoms with E-state index in [0.29, 0.717) is 0 Å². The molecule has 0 bridgehead atoms. The number of aryl methyl sites for hydroxylation is 3. The van der Waals surface area contributed by atoms with Crippen LogP contribution in [0, 0.1) is 6.92 Å². The summed E-state index contributed by atoms with van der Waals surface area (Å²) in [5.74, 6) is 0.967. The smallest absolute Gasteiger partial charge is 0.140 e. The molecule has 6 heteroatoms. The van der Waals surface area contributed by atoms with E-state index in [9.17, 15) is 0 Å². The average molecular weight is 234 g/mol. The molecule has 0 saturated heterocycles. The van der Waals surface area contributed by atoms with Gasteiger partial charge in [-0.1, -0.05) is 0 Å². The van der Waals surface area contributed by atoms with Gasteiger partial charge in [-0.2, -0.15) is 10.2 Å². The number of rotatable bonds is 5. The molecule has 0 amide bonds. The topological polar surface area (TPSA) is 60.6 Å². The maximum Gasteiger partial charge on any atom is 0.140 e. The van der Waals surface area contributed by atoms with Gasteiger partial charge < -0.3 is 5.32 Å². The van der Waals surface area contributed by atoms with Crippen LogP contribution >= 0.6 is 0 Å². The van der Waals surface area contributed by atoms with Crippen molar-refractivity contribution in [2.45, 2.75) is 33.5 Å². The Kier molecular flexibility index (Phi) is 3.53. The molecule has 0 aliphatic carbocycles. The third-order valence-corrected chi connectivity index (χ3v) is 2.71. The van der Waals surface area contributed by atoms with E-state index < -0.39 is 0 Å². The first-order chi connectivity index (χ1) is 8.20. The fourth-order valence-electron chi connectivity index (χ4n) is 1.82. The Morgan fingerprint density at radius 1 is 1.35 bits per heavy atom. The molecule has 0 aliphatic heterocycles. The molecule has 2 aromatic heterocycles. The van der Waals surface area contributed by atoms with E-state index in [4.69, 9.17) is 0 Å². The normalized spacial score (nSPS) is 11.0. The minimum absolute atomic E-state index is 0.724. The number of nitrogens with one attached hydrogen (secondary N) is 1. The molecule has 2 aromatic rings. The van der Waals surface area contributed by atoms with Crippen molar-refractivity contribution in [1.82, 2.24) is 29.9 Å². The second-order valence-corrected chi connectivity index (χ2v) is 4.01. The van der Waals surface area contributed by atoms with E-state index in [1.165, 1.54) is 5.56 Å². The molecule has 0 radical (unpaired) electrons. The largest absolute Gasteiger partial charge is 0.306 e. The molecule has 0 aliphatic rings. The summed E-state index contributed by atoms with van der Waals surface area (Å²) in [4.78, 5) is 4.21. The van der Waals surface area contributed by atoms with Gasteiger partial charge in [0.05, 0.1) is 12.2 Å². The first kappa shape index (κ1) is 11.8. The monoisotopic (exact) mass is 234 g/mol. The Hall–Kier alpha value is -1.69. The van der Waals surface area contributed by atoms with Crippen LogP contribution in [-0.2, 0) is 26.7 Å².